The zero-order chi connectivity index (χ0) is 21.2. The molecule has 29 heavy (non-hydrogen) atoms. The van der Waals surface area contributed by atoms with Gasteiger partial charge in [0.2, 0.25) is 0 Å². The van der Waals surface area contributed by atoms with Crippen LogP contribution in [0.3, 0.4) is 0 Å². The number of rotatable bonds is 18. The van der Waals surface area contributed by atoms with Crippen LogP contribution in [0, 0.1) is 0 Å². The first kappa shape index (κ1) is 26.6. The quantitative estimate of drug-likeness (QED) is 0.227. The van der Waals surface area contributed by atoms with Crippen LogP contribution in [0.1, 0.15) is 96.8 Å². The van der Waals surface area contributed by atoms with E-state index in [-0.39, 0.29) is 13.2 Å². The lowest BCUT2D eigenvalue weighted by Gasteiger charge is -2.36. The number of aliphatic hydroxyl groups excluding tert-OH is 3. The van der Waals surface area contributed by atoms with Crippen LogP contribution in [0.4, 0.5) is 0 Å². The van der Waals surface area contributed by atoms with Gasteiger partial charge in [-0.25, -0.2) is 0 Å². The maximum absolute atomic E-state index is 10.0. The van der Waals surface area contributed by atoms with Gasteiger partial charge in [-0.1, -0.05) is 76.9 Å². The lowest BCUT2D eigenvalue weighted by molar-refractivity contribution is -0.208. The largest absolute Gasteiger partial charge is 0.394 e. The highest BCUT2D eigenvalue weighted by atomic mass is 16.6. The Kier molecular flexibility index (Phi) is 16.8. The van der Waals surface area contributed by atoms with Crippen LogP contribution in [-0.2, 0) is 9.47 Å². The molecule has 0 amide bonds. The van der Waals surface area contributed by atoms with Crippen LogP contribution in [-0.4, -0.2) is 59.6 Å². The Morgan fingerprint density at radius 3 is 1.93 bits per heavy atom. The first-order valence-corrected chi connectivity index (χ1v) is 12.1. The van der Waals surface area contributed by atoms with E-state index in [0.29, 0.717) is 6.61 Å². The van der Waals surface area contributed by atoms with E-state index in [9.17, 15) is 10.2 Å². The summed E-state index contributed by atoms with van der Waals surface area (Å²) in [4.78, 5) is 0. The van der Waals surface area contributed by atoms with Gasteiger partial charge in [-0.3, -0.25) is 0 Å². The van der Waals surface area contributed by atoms with E-state index in [0.717, 1.165) is 19.3 Å². The van der Waals surface area contributed by atoms with Gasteiger partial charge < -0.3 is 24.8 Å². The molecular weight excluding hydrogens is 368 g/mol. The summed E-state index contributed by atoms with van der Waals surface area (Å²) in [6.45, 7) is 2.75. The molecule has 0 aromatic rings. The van der Waals surface area contributed by atoms with Crippen molar-refractivity contribution in [3.05, 3.63) is 12.2 Å². The topological polar surface area (TPSA) is 79.2 Å². The molecule has 1 saturated heterocycles. The van der Waals surface area contributed by atoms with Crippen LogP contribution >= 0.6 is 0 Å². The molecule has 0 spiro atoms. The Labute approximate surface area is 178 Å². The van der Waals surface area contributed by atoms with Gasteiger partial charge in [-0.2, -0.15) is 0 Å². The summed E-state index contributed by atoms with van der Waals surface area (Å²) in [5.74, 6) is 0. The first-order valence-electron chi connectivity index (χ1n) is 12.1. The highest BCUT2D eigenvalue weighted by Gasteiger charge is 2.38. The second-order valence-electron chi connectivity index (χ2n) is 8.38. The lowest BCUT2D eigenvalue weighted by atomic mass is 10.0. The van der Waals surface area contributed by atoms with Crippen molar-refractivity contribution in [1.82, 2.24) is 0 Å². The SMILES string of the molecule is CCCCCCCCCC/C=C/CCCCCCO[C@H]1CO[C@H](CO)[C@@H](O)[C@@H]1O. The third kappa shape index (κ3) is 12.7. The number of aliphatic hydroxyl groups is 3. The van der Waals surface area contributed by atoms with Gasteiger partial charge >= 0.3 is 0 Å². The fourth-order valence-electron chi connectivity index (χ4n) is 3.75. The molecule has 0 aromatic heterocycles. The molecule has 3 N–H and O–H groups in total. The average molecular weight is 415 g/mol. The smallest absolute Gasteiger partial charge is 0.111 e. The molecule has 0 unspecified atom stereocenters. The number of hydrogen-bond donors (Lipinski definition) is 3. The highest BCUT2D eigenvalue weighted by molar-refractivity contribution is 4.87. The van der Waals surface area contributed by atoms with Crippen molar-refractivity contribution in [3.8, 4) is 0 Å². The van der Waals surface area contributed by atoms with Gasteiger partial charge in [0, 0.05) is 6.61 Å². The molecule has 1 aliphatic heterocycles. The summed E-state index contributed by atoms with van der Waals surface area (Å²) in [5.41, 5.74) is 0. The fourth-order valence-corrected chi connectivity index (χ4v) is 3.75. The molecule has 4 atom stereocenters. The Morgan fingerprint density at radius 1 is 0.793 bits per heavy atom. The third-order valence-electron chi connectivity index (χ3n) is 5.75. The average Bonchev–Trinajstić information content (AvgIpc) is 2.73. The van der Waals surface area contributed by atoms with Crippen LogP contribution < -0.4 is 0 Å². The van der Waals surface area contributed by atoms with Gasteiger partial charge in [0.1, 0.15) is 24.4 Å². The first-order chi connectivity index (χ1) is 14.2. The maximum atomic E-state index is 10.0. The van der Waals surface area contributed by atoms with E-state index in [4.69, 9.17) is 14.6 Å². The minimum atomic E-state index is -1.09. The van der Waals surface area contributed by atoms with Crippen molar-refractivity contribution >= 4 is 0 Å². The van der Waals surface area contributed by atoms with E-state index in [1.807, 2.05) is 0 Å². The fraction of sp³-hybridized carbons (Fsp3) is 0.917. The number of hydrogen-bond acceptors (Lipinski definition) is 5. The van der Waals surface area contributed by atoms with Gasteiger partial charge in [0.15, 0.2) is 0 Å². The third-order valence-corrected chi connectivity index (χ3v) is 5.75. The highest BCUT2D eigenvalue weighted by Crippen LogP contribution is 2.18. The van der Waals surface area contributed by atoms with Gasteiger partial charge in [-0.15, -0.1) is 0 Å². The Hall–Kier alpha value is -0.460. The van der Waals surface area contributed by atoms with E-state index in [1.54, 1.807) is 0 Å². The second-order valence-corrected chi connectivity index (χ2v) is 8.38. The van der Waals surface area contributed by atoms with Crippen LogP contribution in [0.15, 0.2) is 12.2 Å². The van der Waals surface area contributed by atoms with Crippen LogP contribution in [0.2, 0.25) is 0 Å². The van der Waals surface area contributed by atoms with Crippen molar-refractivity contribution < 1.29 is 24.8 Å². The summed E-state index contributed by atoms with van der Waals surface area (Å²) in [6.07, 6.45) is 19.2. The Balaban J connectivity index is 1.85. The molecule has 1 heterocycles. The Bertz CT molecular complexity index is 387. The molecule has 5 heteroatoms. The molecule has 0 saturated carbocycles. The summed E-state index contributed by atoms with van der Waals surface area (Å²) >= 11 is 0. The number of allylic oxidation sites excluding steroid dienone is 2. The lowest BCUT2D eigenvalue weighted by Crippen LogP contribution is -2.55. The molecule has 1 aliphatic rings. The molecule has 172 valence electrons. The van der Waals surface area contributed by atoms with Crippen LogP contribution in [0.5, 0.6) is 0 Å². The van der Waals surface area contributed by atoms with Crippen molar-refractivity contribution in [1.29, 1.82) is 0 Å². The minimum Gasteiger partial charge on any atom is -0.394 e. The molecule has 5 nitrogen and oxygen atoms in total. The van der Waals surface area contributed by atoms with Crippen molar-refractivity contribution in [3.63, 3.8) is 0 Å². The molecule has 1 fully saturated rings. The number of unbranched alkanes of at least 4 members (excludes halogenated alkanes) is 12. The second kappa shape index (κ2) is 18.3. The molecule has 0 radical (unpaired) electrons. The predicted octanol–water partition coefficient (Wildman–Crippen LogP) is 4.52. The maximum Gasteiger partial charge on any atom is 0.111 e. The zero-order valence-electron chi connectivity index (χ0n) is 18.6. The van der Waals surface area contributed by atoms with E-state index < -0.39 is 24.4 Å². The van der Waals surface area contributed by atoms with Gasteiger partial charge in [-0.05, 0) is 32.1 Å². The van der Waals surface area contributed by atoms with Crippen LogP contribution in [0.25, 0.3) is 0 Å². The molecular formula is C24H46O5. The predicted molar refractivity (Wildman–Crippen MR) is 118 cm³/mol. The zero-order valence-corrected chi connectivity index (χ0v) is 18.6. The molecule has 0 aromatic carbocycles. The molecule has 1 rings (SSSR count). The van der Waals surface area contributed by atoms with Crippen molar-refractivity contribution in [2.75, 3.05) is 19.8 Å². The van der Waals surface area contributed by atoms with Crippen molar-refractivity contribution in [2.45, 2.75) is 121 Å². The standard InChI is InChI=1S/C24H46O5/c1-2-3-4-5-6-7-8-9-10-11-12-13-14-15-16-17-18-28-22-20-29-21(19-25)23(26)24(22)27/h11-12,21-27H,2-10,13-20H2,1H3/b12-11+/t21-,22+,23-,24-/m1/s1. The van der Waals surface area contributed by atoms with E-state index >= 15 is 0 Å². The normalized spacial score (nSPS) is 25.1. The summed E-state index contributed by atoms with van der Waals surface area (Å²) < 4.78 is 11.0. The number of ether oxygens (including phenoxy) is 2. The van der Waals surface area contributed by atoms with Crippen molar-refractivity contribution in [2.24, 2.45) is 0 Å². The molecule has 0 bridgehead atoms. The van der Waals surface area contributed by atoms with E-state index in [2.05, 4.69) is 19.1 Å². The summed E-state index contributed by atoms with van der Waals surface area (Å²) in [7, 11) is 0. The van der Waals surface area contributed by atoms with Gasteiger partial charge in [0.25, 0.3) is 0 Å². The van der Waals surface area contributed by atoms with Gasteiger partial charge in [0.05, 0.1) is 13.2 Å². The summed E-state index contributed by atoms with van der Waals surface area (Å²) in [5, 5.41) is 28.9. The summed E-state index contributed by atoms with van der Waals surface area (Å²) in [6, 6.07) is 0. The minimum absolute atomic E-state index is 0.215. The Morgan fingerprint density at radius 2 is 1.34 bits per heavy atom. The molecule has 0 aliphatic carbocycles. The monoisotopic (exact) mass is 414 g/mol. The van der Waals surface area contributed by atoms with E-state index in [1.165, 1.54) is 70.6 Å².